The molecule has 2 heterocycles. The van der Waals surface area contributed by atoms with Crippen LogP contribution >= 0.6 is 0 Å². The Hall–Kier alpha value is -1.69. The van der Waals surface area contributed by atoms with Gasteiger partial charge in [-0.3, -0.25) is 4.79 Å². The number of piperidine rings is 1. The average Bonchev–Trinajstić information content (AvgIpc) is 2.47. The number of hydrogen-bond acceptors (Lipinski definition) is 5. The number of likely N-dealkylation sites (N-methyl/N-ethyl adjacent to an activating group) is 1. The van der Waals surface area contributed by atoms with Gasteiger partial charge >= 0.3 is 0 Å². The van der Waals surface area contributed by atoms with Gasteiger partial charge in [0.15, 0.2) is 11.5 Å². The first kappa shape index (κ1) is 15.7. The van der Waals surface area contributed by atoms with Gasteiger partial charge in [0.05, 0.1) is 0 Å². The molecule has 1 aromatic heterocycles. The Bertz CT molecular complexity index is 460. The highest BCUT2D eigenvalue weighted by Gasteiger charge is 2.18. The molecule has 1 aliphatic heterocycles. The van der Waals surface area contributed by atoms with Crippen molar-refractivity contribution in [2.75, 3.05) is 45.2 Å². The fourth-order valence-corrected chi connectivity index (χ4v) is 2.50. The van der Waals surface area contributed by atoms with Crippen molar-refractivity contribution in [3.8, 4) is 0 Å². The van der Waals surface area contributed by atoms with Gasteiger partial charge in [-0.1, -0.05) is 6.92 Å². The van der Waals surface area contributed by atoms with Crippen LogP contribution in [-0.2, 0) is 0 Å². The Morgan fingerprint density at radius 3 is 2.86 bits per heavy atom. The van der Waals surface area contributed by atoms with Crippen molar-refractivity contribution in [3.05, 3.63) is 17.8 Å². The number of hydrogen-bond donors (Lipinski definition) is 1. The number of rotatable bonds is 5. The summed E-state index contributed by atoms with van der Waals surface area (Å²) in [4.78, 5) is 16.2. The van der Waals surface area contributed by atoms with E-state index in [1.54, 1.807) is 6.07 Å². The van der Waals surface area contributed by atoms with Crippen molar-refractivity contribution >= 4 is 11.7 Å². The maximum absolute atomic E-state index is 11.9. The lowest BCUT2D eigenvalue weighted by atomic mass is 10.0. The summed E-state index contributed by atoms with van der Waals surface area (Å²) in [5.41, 5.74) is 0.377. The van der Waals surface area contributed by atoms with Crippen LogP contribution < -0.4 is 10.2 Å². The lowest BCUT2D eigenvalue weighted by Gasteiger charge is -2.31. The van der Waals surface area contributed by atoms with Crippen molar-refractivity contribution in [2.24, 2.45) is 5.92 Å². The molecule has 1 unspecified atom stereocenters. The topological polar surface area (TPSA) is 61.4 Å². The van der Waals surface area contributed by atoms with E-state index in [-0.39, 0.29) is 5.91 Å². The molecule has 6 heteroatoms. The third kappa shape index (κ3) is 4.67. The predicted octanol–water partition coefficient (Wildman–Crippen LogP) is 1.00. The minimum Gasteiger partial charge on any atom is -0.355 e. The summed E-state index contributed by atoms with van der Waals surface area (Å²) in [6.07, 6.45) is 2.46. The molecule has 0 radical (unpaired) electrons. The Labute approximate surface area is 126 Å². The van der Waals surface area contributed by atoms with Crippen LogP contribution in [0.4, 0.5) is 5.82 Å². The normalized spacial score (nSPS) is 18.9. The molecule has 2 rings (SSSR count). The third-order valence-electron chi connectivity index (χ3n) is 3.71. The molecular weight excluding hydrogens is 266 g/mol. The third-order valence-corrected chi connectivity index (χ3v) is 3.71. The molecule has 0 saturated carbocycles. The first-order valence-corrected chi connectivity index (χ1v) is 7.58. The highest BCUT2D eigenvalue weighted by Crippen LogP contribution is 2.20. The Balaban J connectivity index is 1.90. The second-order valence-corrected chi connectivity index (χ2v) is 6.03. The molecule has 1 saturated heterocycles. The number of carbonyl (C=O) groups is 1. The van der Waals surface area contributed by atoms with Gasteiger partial charge in [0.2, 0.25) is 0 Å². The van der Waals surface area contributed by atoms with Gasteiger partial charge in [-0.2, -0.15) is 0 Å². The van der Waals surface area contributed by atoms with E-state index in [1.807, 2.05) is 25.1 Å². The fourth-order valence-electron chi connectivity index (χ4n) is 2.50. The Morgan fingerprint density at radius 1 is 1.43 bits per heavy atom. The van der Waals surface area contributed by atoms with Crippen LogP contribution in [0.25, 0.3) is 0 Å². The molecule has 116 valence electrons. The van der Waals surface area contributed by atoms with Crippen LogP contribution in [0.2, 0.25) is 0 Å². The molecule has 1 aliphatic rings. The van der Waals surface area contributed by atoms with Crippen molar-refractivity contribution in [2.45, 2.75) is 19.8 Å². The molecule has 1 amide bonds. The molecule has 6 nitrogen and oxygen atoms in total. The molecule has 0 bridgehead atoms. The van der Waals surface area contributed by atoms with Gasteiger partial charge < -0.3 is 15.1 Å². The molecule has 1 fully saturated rings. The summed E-state index contributed by atoms with van der Waals surface area (Å²) < 4.78 is 0. The summed E-state index contributed by atoms with van der Waals surface area (Å²) in [5, 5.41) is 11.1. The number of nitrogens with zero attached hydrogens (tertiary/aromatic N) is 4. The Morgan fingerprint density at radius 2 is 2.24 bits per heavy atom. The average molecular weight is 291 g/mol. The van der Waals surface area contributed by atoms with Crippen molar-refractivity contribution in [3.63, 3.8) is 0 Å². The molecule has 0 spiro atoms. The maximum Gasteiger partial charge on any atom is 0.271 e. The SMILES string of the molecule is CC1CCCN(c2ccc(C(=O)NCCN(C)C)nn2)C1. The van der Waals surface area contributed by atoms with E-state index in [0.29, 0.717) is 18.2 Å². The van der Waals surface area contributed by atoms with Gasteiger partial charge in [0, 0.05) is 26.2 Å². The quantitative estimate of drug-likeness (QED) is 0.877. The lowest BCUT2D eigenvalue weighted by Crippen LogP contribution is -2.35. The van der Waals surface area contributed by atoms with Crippen LogP contribution in [0.5, 0.6) is 0 Å². The van der Waals surface area contributed by atoms with Crippen LogP contribution in [0.1, 0.15) is 30.3 Å². The molecule has 21 heavy (non-hydrogen) atoms. The number of aromatic nitrogens is 2. The number of nitrogens with one attached hydrogen (secondary N) is 1. The van der Waals surface area contributed by atoms with Crippen molar-refractivity contribution in [1.82, 2.24) is 20.4 Å². The number of carbonyl (C=O) groups excluding carboxylic acids is 1. The van der Waals surface area contributed by atoms with Crippen molar-refractivity contribution < 1.29 is 4.79 Å². The standard InChI is InChI=1S/C15H25N5O/c1-12-5-4-9-20(11-12)14-7-6-13(17-18-14)15(21)16-8-10-19(2)3/h6-7,12H,4-5,8-11H2,1-3H3,(H,16,21). The summed E-state index contributed by atoms with van der Waals surface area (Å²) in [5.74, 6) is 1.39. The van der Waals surface area contributed by atoms with Gasteiger partial charge in [-0.05, 0) is 45.0 Å². The zero-order valence-corrected chi connectivity index (χ0v) is 13.2. The molecule has 0 aliphatic carbocycles. The zero-order valence-electron chi connectivity index (χ0n) is 13.2. The minimum absolute atomic E-state index is 0.164. The molecule has 0 aromatic carbocycles. The fraction of sp³-hybridized carbons (Fsp3) is 0.667. The second kappa shape index (κ2) is 7.36. The van der Waals surface area contributed by atoms with E-state index in [4.69, 9.17) is 0 Å². The second-order valence-electron chi connectivity index (χ2n) is 6.03. The van der Waals surface area contributed by atoms with Gasteiger partial charge in [0.1, 0.15) is 0 Å². The van der Waals surface area contributed by atoms with Crippen molar-refractivity contribution in [1.29, 1.82) is 0 Å². The van der Waals surface area contributed by atoms with Crippen LogP contribution in [-0.4, -0.2) is 61.3 Å². The lowest BCUT2D eigenvalue weighted by molar-refractivity contribution is 0.0945. The van der Waals surface area contributed by atoms with E-state index in [9.17, 15) is 4.79 Å². The van der Waals surface area contributed by atoms with Gasteiger partial charge in [-0.15, -0.1) is 10.2 Å². The zero-order chi connectivity index (χ0) is 15.2. The molecule has 1 aromatic rings. The highest BCUT2D eigenvalue weighted by molar-refractivity contribution is 5.92. The van der Waals surface area contributed by atoms with Crippen LogP contribution in [0, 0.1) is 5.92 Å². The van der Waals surface area contributed by atoms with E-state index >= 15 is 0 Å². The maximum atomic E-state index is 11.9. The molecule has 1 N–H and O–H groups in total. The summed E-state index contributed by atoms with van der Waals surface area (Å²) in [6, 6.07) is 3.65. The molecule has 1 atom stereocenters. The first-order valence-electron chi connectivity index (χ1n) is 7.58. The van der Waals surface area contributed by atoms with E-state index < -0.39 is 0 Å². The van der Waals surface area contributed by atoms with E-state index in [2.05, 4.69) is 27.3 Å². The molecular formula is C15H25N5O. The van der Waals surface area contributed by atoms with E-state index in [0.717, 1.165) is 25.5 Å². The van der Waals surface area contributed by atoms with Crippen LogP contribution in [0.15, 0.2) is 12.1 Å². The summed E-state index contributed by atoms with van der Waals surface area (Å²) in [7, 11) is 3.95. The van der Waals surface area contributed by atoms with Crippen LogP contribution in [0.3, 0.4) is 0 Å². The number of amides is 1. The summed E-state index contributed by atoms with van der Waals surface area (Å²) >= 11 is 0. The van der Waals surface area contributed by atoms with Gasteiger partial charge in [0.25, 0.3) is 5.91 Å². The van der Waals surface area contributed by atoms with Gasteiger partial charge in [-0.25, -0.2) is 0 Å². The largest absolute Gasteiger partial charge is 0.355 e. The minimum atomic E-state index is -0.164. The smallest absolute Gasteiger partial charge is 0.271 e. The predicted molar refractivity (Wildman–Crippen MR) is 83.5 cm³/mol. The number of anilines is 1. The Kier molecular flexibility index (Phi) is 5.50. The highest BCUT2D eigenvalue weighted by atomic mass is 16.1. The van der Waals surface area contributed by atoms with E-state index in [1.165, 1.54) is 12.8 Å². The first-order chi connectivity index (χ1) is 10.1. The summed E-state index contributed by atoms with van der Waals surface area (Å²) in [6.45, 7) is 5.71. The monoisotopic (exact) mass is 291 g/mol.